The Morgan fingerprint density at radius 3 is 2.70 bits per heavy atom. The van der Waals surface area contributed by atoms with Crippen molar-refractivity contribution in [2.45, 2.75) is 38.6 Å². The van der Waals surface area contributed by atoms with Gasteiger partial charge in [-0.3, -0.25) is 19.1 Å². The van der Waals surface area contributed by atoms with Crippen LogP contribution in [0.2, 0.25) is 0 Å². The highest BCUT2D eigenvalue weighted by atomic mass is 16.5. The molecule has 3 aromatic rings. The number of nitrogens with one attached hydrogen (secondary N) is 2. The third kappa shape index (κ3) is 4.16. The van der Waals surface area contributed by atoms with E-state index < -0.39 is 17.2 Å². The molecular formula is C24H27N5O4. The summed E-state index contributed by atoms with van der Waals surface area (Å²) in [6.45, 7) is 5.09. The molecule has 3 heterocycles. The Morgan fingerprint density at radius 2 is 1.97 bits per heavy atom. The van der Waals surface area contributed by atoms with Crippen LogP contribution in [0.1, 0.15) is 48.2 Å². The number of amides is 1. The molecule has 172 valence electrons. The van der Waals surface area contributed by atoms with Crippen LogP contribution in [0.3, 0.4) is 0 Å². The lowest BCUT2D eigenvalue weighted by molar-refractivity contribution is 0.102. The molecule has 0 spiro atoms. The summed E-state index contributed by atoms with van der Waals surface area (Å²) in [5.41, 5.74) is 1.75. The summed E-state index contributed by atoms with van der Waals surface area (Å²) >= 11 is 0. The number of carbonyl (C=O) groups is 1. The van der Waals surface area contributed by atoms with Crippen molar-refractivity contribution in [2.24, 2.45) is 0 Å². The number of rotatable bonds is 6. The van der Waals surface area contributed by atoms with Gasteiger partial charge in [-0.05, 0) is 37.5 Å². The lowest BCUT2D eigenvalue weighted by Gasteiger charge is -2.30. The van der Waals surface area contributed by atoms with Gasteiger partial charge >= 0.3 is 5.69 Å². The van der Waals surface area contributed by atoms with Gasteiger partial charge in [-0.25, -0.2) is 9.78 Å². The maximum absolute atomic E-state index is 13.5. The Morgan fingerprint density at radius 1 is 1.21 bits per heavy atom. The molecule has 2 fully saturated rings. The van der Waals surface area contributed by atoms with E-state index in [9.17, 15) is 14.4 Å². The molecule has 9 heteroatoms. The Bertz CT molecular complexity index is 1320. The van der Waals surface area contributed by atoms with Gasteiger partial charge in [0, 0.05) is 31.2 Å². The Kier molecular flexibility index (Phi) is 5.72. The van der Waals surface area contributed by atoms with Crippen molar-refractivity contribution in [3.8, 4) is 0 Å². The number of aromatic amines is 1. The second kappa shape index (κ2) is 8.82. The molecule has 5 rings (SSSR count). The number of hydrogen-bond acceptors (Lipinski definition) is 6. The molecule has 2 N–H and O–H groups in total. The van der Waals surface area contributed by atoms with E-state index in [0.29, 0.717) is 31.9 Å². The number of aryl methyl sites for hydroxylation is 1. The average Bonchev–Trinajstić information content (AvgIpc) is 3.67. The Hall–Kier alpha value is -3.46. The molecule has 1 saturated heterocycles. The molecule has 0 bridgehead atoms. The van der Waals surface area contributed by atoms with Crippen molar-refractivity contribution < 1.29 is 9.53 Å². The molecule has 2 aromatic heterocycles. The van der Waals surface area contributed by atoms with E-state index in [-0.39, 0.29) is 22.5 Å². The predicted molar refractivity (Wildman–Crippen MR) is 126 cm³/mol. The number of aromatic nitrogens is 3. The van der Waals surface area contributed by atoms with Crippen molar-refractivity contribution in [3.63, 3.8) is 0 Å². The van der Waals surface area contributed by atoms with E-state index in [0.717, 1.165) is 37.3 Å². The number of anilines is 2. The van der Waals surface area contributed by atoms with Gasteiger partial charge in [0.2, 0.25) is 0 Å². The van der Waals surface area contributed by atoms with Crippen molar-refractivity contribution in [1.82, 2.24) is 14.5 Å². The molecule has 1 aliphatic heterocycles. The monoisotopic (exact) mass is 449 g/mol. The van der Waals surface area contributed by atoms with Crippen LogP contribution in [0.4, 0.5) is 11.4 Å². The third-order valence-electron chi connectivity index (χ3n) is 6.16. The molecular weight excluding hydrogens is 422 g/mol. The first kappa shape index (κ1) is 21.4. The number of morpholine rings is 1. The van der Waals surface area contributed by atoms with Gasteiger partial charge in [-0.1, -0.05) is 19.1 Å². The lowest BCUT2D eigenvalue weighted by Crippen LogP contribution is -2.36. The number of H-pyrrole nitrogens is 1. The summed E-state index contributed by atoms with van der Waals surface area (Å²) in [6, 6.07) is 9.33. The fraction of sp³-hybridized carbons (Fsp3) is 0.417. The minimum absolute atomic E-state index is 0.147. The molecule has 9 nitrogen and oxygen atoms in total. The number of para-hydroxylation sites is 2. The zero-order valence-electron chi connectivity index (χ0n) is 18.6. The van der Waals surface area contributed by atoms with Gasteiger partial charge in [0.05, 0.1) is 35.5 Å². The Labute approximate surface area is 190 Å². The molecule has 1 amide bonds. The highest BCUT2D eigenvalue weighted by molar-refractivity contribution is 6.12. The number of fused-ring (bicyclic) bond motifs is 1. The maximum Gasteiger partial charge on any atom is 0.329 e. The normalized spacial score (nSPS) is 16.2. The molecule has 0 radical (unpaired) electrons. The molecule has 1 aromatic carbocycles. The standard InChI is InChI=1S/C24H27N5O4/c1-2-9-29-21-20(23(31)27-24(29)32)16(14-18(25-21)15-7-8-15)22(30)26-17-5-3-4-6-19(17)28-10-12-33-13-11-28/h3-6,14-15H,2,7-13H2,1H3,(H,26,30)(H,27,31,32). The van der Waals surface area contributed by atoms with Crippen LogP contribution < -0.4 is 21.5 Å². The van der Waals surface area contributed by atoms with E-state index in [2.05, 4.69) is 20.2 Å². The molecule has 33 heavy (non-hydrogen) atoms. The number of benzene rings is 1. The summed E-state index contributed by atoms with van der Waals surface area (Å²) in [4.78, 5) is 48.1. The number of hydrogen-bond donors (Lipinski definition) is 2. The van der Waals surface area contributed by atoms with Crippen LogP contribution in [0.15, 0.2) is 39.9 Å². The summed E-state index contributed by atoms with van der Waals surface area (Å²) in [7, 11) is 0. The summed E-state index contributed by atoms with van der Waals surface area (Å²) < 4.78 is 6.91. The van der Waals surface area contributed by atoms with Gasteiger partial charge in [-0.15, -0.1) is 0 Å². The number of carbonyl (C=O) groups excluding carboxylic acids is 1. The summed E-state index contributed by atoms with van der Waals surface area (Å²) in [5.74, 6) is -0.136. The number of ether oxygens (including phenoxy) is 1. The first-order valence-corrected chi connectivity index (χ1v) is 11.5. The van der Waals surface area contributed by atoms with Gasteiger partial charge in [0.25, 0.3) is 11.5 Å². The molecule has 0 atom stereocenters. The Balaban J connectivity index is 1.60. The fourth-order valence-corrected chi connectivity index (χ4v) is 4.34. The summed E-state index contributed by atoms with van der Waals surface area (Å²) in [6.07, 6.45) is 2.67. The van der Waals surface area contributed by atoms with Gasteiger partial charge in [0.1, 0.15) is 0 Å². The fourth-order valence-electron chi connectivity index (χ4n) is 4.34. The van der Waals surface area contributed by atoms with Crippen molar-refractivity contribution in [3.05, 3.63) is 62.4 Å². The minimum Gasteiger partial charge on any atom is -0.378 e. The smallest absolute Gasteiger partial charge is 0.329 e. The van der Waals surface area contributed by atoms with Crippen LogP contribution in [-0.2, 0) is 11.3 Å². The van der Waals surface area contributed by atoms with E-state index in [1.54, 1.807) is 6.07 Å². The number of pyridine rings is 1. The third-order valence-corrected chi connectivity index (χ3v) is 6.16. The zero-order chi connectivity index (χ0) is 22.9. The predicted octanol–water partition coefficient (Wildman–Crippen LogP) is 2.46. The van der Waals surface area contributed by atoms with Crippen LogP contribution in [0.5, 0.6) is 0 Å². The van der Waals surface area contributed by atoms with Crippen LogP contribution in [0.25, 0.3) is 11.0 Å². The minimum atomic E-state index is -0.594. The van der Waals surface area contributed by atoms with E-state index >= 15 is 0 Å². The SMILES string of the molecule is CCCn1c(=O)[nH]c(=O)c2c(C(=O)Nc3ccccc3N3CCOCC3)cc(C3CC3)nc21. The quantitative estimate of drug-likeness (QED) is 0.598. The van der Waals surface area contributed by atoms with Gasteiger partial charge < -0.3 is 15.0 Å². The van der Waals surface area contributed by atoms with E-state index in [1.807, 2.05) is 31.2 Å². The molecule has 1 aliphatic carbocycles. The highest BCUT2D eigenvalue weighted by Crippen LogP contribution is 2.40. The van der Waals surface area contributed by atoms with Crippen LogP contribution in [0, 0.1) is 0 Å². The van der Waals surface area contributed by atoms with Gasteiger partial charge in [-0.2, -0.15) is 0 Å². The second-order valence-electron chi connectivity index (χ2n) is 8.55. The lowest BCUT2D eigenvalue weighted by atomic mass is 10.1. The van der Waals surface area contributed by atoms with Crippen LogP contribution >= 0.6 is 0 Å². The maximum atomic E-state index is 13.5. The first-order valence-electron chi connectivity index (χ1n) is 11.5. The first-order chi connectivity index (χ1) is 16.1. The number of nitrogens with zero attached hydrogens (tertiary/aromatic N) is 3. The van der Waals surface area contributed by atoms with Crippen molar-refractivity contribution in [1.29, 1.82) is 0 Å². The molecule has 2 aliphatic rings. The second-order valence-corrected chi connectivity index (χ2v) is 8.55. The molecule has 0 unspecified atom stereocenters. The highest BCUT2D eigenvalue weighted by Gasteiger charge is 2.29. The van der Waals surface area contributed by atoms with Gasteiger partial charge in [0.15, 0.2) is 5.65 Å². The van der Waals surface area contributed by atoms with E-state index in [4.69, 9.17) is 4.74 Å². The zero-order valence-corrected chi connectivity index (χ0v) is 18.6. The topological polar surface area (TPSA) is 109 Å². The summed E-state index contributed by atoms with van der Waals surface area (Å²) in [5, 5.41) is 3.15. The van der Waals surface area contributed by atoms with Crippen LogP contribution in [-0.4, -0.2) is 46.7 Å². The van der Waals surface area contributed by atoms with E-state index in [1.165, 1.54) is 4.57 Å². The largest absolute Gasteiger partial charge is 0.378 e. The van der Waals surface area contributed by atoms with Crippen molar-refractivity contribution in [2.75, 3.05) is 36.5 Å². The molecule has 1 saturated carbocycles. The average molecular weight is 450 g/mol. The van der Waals surface area contributed by atoms with Crippen molar-refractivity contribution >= 4 is 28.3 Å².